The fourth-order valence-electron chi connectivity index (χ4n) is 4.17. The third-order valence-electron chi connectivity index (χ3n) is 5.65. The second-order valence-corrected chi connectivity index (χ2v) is 8.09. The first-order chi connectivity index (χ1) is 12.1. The molecule has 2 fully saturated rings. The van der Waals surface area contributed by atoms with Crippen molar-refractivity contribution in [2.75, 3.05) is 13.1 Å². The molecule has 1 saturated heterocycles. The Balaban J connectivity index is 1.56. The number of nitrogens with zero attached hydrogens (tertiary/aromatic N) is 3. The predicted molar refractivity (Wildman–Crippen MR) is 99.0 cm³/mol. The molecule has 1 unspecified atom stereocenters. The molecule has 1 aliphatic carbocycles. The van der Waals surface area contributed by atoms with Crippen LogP contribution >= 0.6 is 0 Å². The van der Waals surface area contributed by atoms with Crippen LogP contribution in [0.5, 0.6) is 0 Å². The van der Waals surface area contributed by atoms with Gasteiger partial charge in [0.05, 0.1) is 5.41 Å². The summed E-state index contributed by atoms with van der Waals surface area (Å²) >= 11 is 0. The molecular formula is C20H32N4O. The third kappa shape index (κ3) is 4.78. The van der Waals surface area contributed by atoms with Gasteiger partial charge in [-0.05, 0) is 45.6 Å². The molecule has 1 saturated carbocycles. The number of hydrogen-bond acceptors (Lipinski definition) is 4. The maximum absolute atomic E-state index is 12.8. The highest BCUT2D eigenvalue weighted by atomic mass is 16.2. The third-order valence-corrected chi connectivity index (χ3v) is 5.65. The zero-order valence-corrected chi connectivity index (χ0v) is 15.8. The number of rotatable bonds is 6. The number of piperidine rings is 1. The van der Waals surface area contributed by atoms with E-state index in [0.29, 0.717) is 6.04 Å². The highest BCUT2D eigenvalue weighted by Gasteiger charge is 2.38. The second-order valence-electron chi connectivity index (χ2n) is 8.09. The largest absolute Gasteiger partial charge is 0.353 e. The van der Waals surface area contributed by atoms with E-state index < -0.39 is 0 Å². The summed E-state index contributed by atoms with van der Waals surface area (Å²) in [5.74, 6) is 1.17. The normalized spacial score (nSPS) is 25.2. The Morgan fingerprint density at radius 3 is 2.68 bits per heavy atom. The number of amides is 1. The molecule has 0 bridgehead atoms. The van der Waals surface area contributed by atoms with E-state index in [0.717, 1.165) is 69.5 Å². The van der Waals surface area contributed by atoms with Crippen LogP contribution in [0.4, 0.5) is 0 Å². The van der Waals surface area contributed by atoms with Gasteiger partial charge in [0.25, 0.3) is 0 Å². The lowest BCUT2D eigenvalue weighted by molar-refractivity contribution is -0.134. The molecule has 1 amide bonds. The predicted octanol–water partition coefficient (Wildman–Crippen LogP) is 3.09. The molecule has 1 aromatic heterocycles. The van der Waals surface area contributed by atoms with Crippen LogP contribution in [0, 0.1) is 5.41 Å². The Bertz CT molecular complexity index is 568. The molecule has 138 valence electrons. The van der Waals surface area contributed by atoms with Gasteiger partial charge in [0, 0.05) is 43.5 Å². The van der Waals surface area contributed by atoms with E-state index in [1.54, 1.807) is 0 Å². The van der Waals surface area contributed by atoms with Crippen LogP contribution in [0.1, 0.15) is 70.2 Å². The van der Waals surface area contributed by atoms with Gasteiger partial charge < -0.3 is 5.32 Å². The summed E-state index contributed by atoms with van der Waals surface area (Å²) in [6, 6.07) is 0.402. The van der Waals surface area contributed by atoms with Crippen molar-refractivity contribution in [1.29, 1.82) is 0 Å². The first-order valence-corrected chi connectivity index (χ1v) is 9.92. The van der Waals surface area contributed by atoms with Gasteiger partial charge in [0.1, 0.15) is 5.82 Å². The monoisotopic (exact) mass is 344 g/mol. The number of nitrogens with one attached hydrogen (secondary N) is 1. The van der Waals surface area contributed by atoms with Gasteiger partial charge in [0.15, 0.2) is 0 Å². The first kappa shape index (κ1) is 18.3. The molecule has 25 heavy (non-hydrogen) atoms. The Morgan fingerprint density at radius 2 is 2.00 bits per heavy atom. The molecule has 0 radical (unpaired) electrons. The summed E-state index contributed by atoms with van der Waals surface area (Å²) in [4.78, 5) is 24.1. The quantitative estimate of drug-likeness (QED) is 0.861. The fraction of sp³-hybridized carbons (Fsp3) is 0.750. The minimum absolute atomic E-state index is 0.249. The zero-order valence-electron chi connectivity index (χ0n) is 15.8. The molecule has 5 nitrogen and oxygen atoms in total. The lowest BCUT2D eigenvalue weighted by atomic mass is 9.80. The molecule has 2 aliphatic rings. The van der Waals surface area contributed by atoms with Gasteiger partial charge in [-0.3, -0.25) is 9.69 Å². The highest BCUT2D eigenvalue weighted by Crippen LogP contribution is 2.31. The van der Waals surface area contributed by atoms with Crippen molar-refractivity contribution in [3.63, 3.8) is 0 Å². The minimum Gasteiger partial charge on any atom is -0.353 e. The van der Waals surface area contributed by atoms with Crippen LogP contribution in [0.25, 0.3) is 0 Å². The maximum Gasteiger partial charge on any atom is 0.227 e. The van der Waals surface area contributed by atoms with Crippen LogP contribution in [0.15, 0.2) is 12.4 Å². The zero-order chi connectivity index (χ0) is 17.7. The van der Waals surface area contributed by atoms with E-state index in [4.69, 9.17) is 0 Å². The van der Waals surface area contributed by atoms with Gasteiger partial charge >= 0.3 is 0 Å². The molecule has 1 atom stereocenters. The second kappa shape index (κ2) is 8.26. The summed E-state index contributed by atoms with van der Waals surface area (Å²) in [5, 5.41) is 3.30. The van der Waals surface area contributed by atoms with Crippen LogP contribution in [-0.4, -0.2) is 39.9 Å². The number of aryl methyl sites for hydroxylation is 1. The van der Waals surface area contributed by atoms with E-state index in [1.807, 2.05) is 12.4 Å². The van der Waals surface area contributed by atoms with Gasteiger partial charge in [0.2, 0.25) is 5.91 Å². The van der Waals surface area contributed by atoms with E-state index in [9.17, 15) is 4.79 Å². The summed E-state index contributed by atoms with van der Waals surface area (Å²) in [5.41, 5.74) is 0.865. The summed E-state index contributed by atoms with van der Waals surface area (Å²) in [6.45, 7) is 6.97. The van der Waals surface area contributed by atoms with Crippen molar-refractivity contribution in [3.05, 3.63) is 23.8 Å². The van der Waals surface area contributed by atoms with E-state index >= 15 is 0 Å². The van der Waals surface area contributed by atoms with Crippen molar-refractivity contribution < 1.29 is 4.79 Å². The van der Waals surface area contributed by atoms with Crippen molar-refractivity contribution in [3.8, 4) is 0 Å². The number of aromatic nitrogens is 2. The number of carbonyl (C=O) groups excluding carboxylic acids is 1. The SMILES string of the molecule is CCCc1ncc(CN2CCCC(C)(C(=O)NC3CCCC3)C2)cn1. The molecule has 0 spiro atoms. The standard InChI is InChI=1S/C20H32N4O/c1-3-7-18-21-12-16(13-22-18)14-24-11-6-10-20(2,15-24)19(25)23-17-8-4-5-9-17/h12-13,17H,3-11,14-15H2,1-2H3,(H,23,25). The summed E-state index contributed by atoms with van der Waals surface area (Å²) in [7, 11) is 0. The minimum atomic E-state index is -0.274. The average Bonchev–Trinajstić information content (AvgIpc) is 3.10. The Labute approximate surface area is 151 Å². The summed E-state index contributed by atoms with van der Waals surface area (Å²) < 4.78 is 0. The average molecular weight is 345 g/mol. The summed E-state index contributed by atoms with van der Waals surface area (Å²) in [6.07, 6.45) is 12.7. The van der Waals surface area contributed by atoms with Gasteiger partial charge in [-0.2, -0.15) is 0 Å². The molecular weight excluding hydrogens is 312 g/mol. The van der Waals surface area contributed by atoms with Gasteiger partial charge in [-0.1, -0.05) is 19.8 Å². The number of carbonyl (C=O) groups is 1. The molecule has 0 aromatic carbocycles. The van der Waals surface area contributed by atoms with Crippen LogP contribution in [-0.2, 0) is 17.8 Å². The van der Waals surface area contributed by atoms with E-state index in [2.05, 4.69) is 34.0 Å². The van der Waals surface area contributed by atoms with Crippen LogP contribution in [0.3, 0.4) is 0 Å². The number of likely N-dealkylation sites (tertiary alicyclic amines) is 1. The van der Waals surface area contributed by atoms with Crippen molar-refractivity contribution in [2.45, 2.75) is 77.8 Å². The van der Waals surface area contributed by atoms with Crippen LogP contribution in [0.2, 0.25) is 0 Å². The Hall–Kier alpha value is -1.49. The molecule has 1 aliphatic heterocycles. The molecule has 1 N–H and O–H groups in total. The van der Waals surface area contributed by atoms with Crippen molar-refractivity contribution in [1.82, 2.24) is 20.2 Å². The topological polar surface area (TPSA) is 58.1 Å². The van der Waals surface area contributed by atoms with Crippen LogP contribution < -0.4 is 5.32 Å². The number of hydrogen-bond donors (Lipinski definition) is 1. The molecule has 3 rings (SSSR count). The molecule has 5 heteroatoms. The Kier molecular flexibility index (Phi) is 6.05. The first-order valence-electron chi connectivity index (χ1n) is 9.92. The Morgan fingerprint density at radius 1 is 1.28 bits per heavy atom. The van der Waals surface area contributed by atoms with E-state index in [1.165, 1.54) is 12.8 Å². The van der Waals surface area contributed by atoms with Gasteiger partial charge in [-0.15, -0.1) is 0 Å². The maximum atomic E-state index is 12.8. The van der Waals surface area contributed by atoms with E-state index in [-0.39, 0.29) is 11.3 Å². The van der Waals surface area contributed by atoms with Gasteiger partial charge in [-0.25, -0.2) is 9.97 Å². The molecule has 2 heterocycles. The highest BCUT2D eigenvalue weighted by molar-refractivity contribution is 5.82. The smallest absolute Gasteiger partial charge is 0.227 e. The lowest BCUT2D eigenvalue weighted by Gasteiger charge is -2.39. The van der Waals surface area contributed by atoms with Crippen molar-refractivity contribution in [2.24, 2.45) is 5.41 Å². The lowest BCUT2D eigenvalue weighted by Crippen LogP contribution is -2.51. The van der Waals surface area contributed by atoms with Crippen molar-refractivity contribution >= 4 is 5.91 Å². The molecule has 1 aromatic rings. The fourth-order valence-corrected chi connectivity index (χ4v) is 4.17.